The number of hydrogen-bond donors (Lipinski definition) is 2. The third-order valence-electron chi connectivity index (χ3n) is 2.93. The third kappa shape index (κ3) is 1.71. The van der Waals surface area contributed by atoms with Crippen LogP contribution in [0.1, 0.15) is 37.5 Å². The molecule has 0 aliphatic carbocycles. The van der Waals surface area contributed by atoms with Gasteiger partial charge in [0.2, 0.25) is 5.91 Å². The Balaban J connectivity index is 2.65. The van der Waals surface area contributed by atoms with E-state index in [0.717, 1.165) is 22.4 Å². The first kappa shape index (κ1) is 11.1. The highest BCUT2D eigenvalue weighted by molar-refractivity contribution is 5.99. The van der Waals surface area contributed by atoms with Crippen molar-refractivity contribution in [1.82, 2.24) is 0 Å². The molecule has 86 valence electrons. The quantitative estimate of drug-likeness (QED) is 0.758. The number of aliphatic hydroxyl groups is 1. The van der Waals surface area contributed by atoms with E-state index in [1.54, 1.807) is 0 Å². The van der Waals surface area contributed by atoms with Crippen molar-refractivity contribution in [1.29, 1.82) is 0 Å². The van der Waals surface area contributed by atoms with Gasteiger partial charge in [-0.1, -0.05) is 26.8 Å². The number of benzene rings is 1. The molecule has 0 atom stereocenters. The number of anilines is 1. The van der Waals surface area contributed by atoms with Crippen LogP contribution in [0.4, 0.5) is 5.69 Å². The molecule has 0 fully saturated rings. The monoisotopic (exact) mass is 219 g/mol. The molecule has 1 aromatic rings. The summed E-state index contributed by atoms with van der Waals surface area (Å²) >= 11 is 0. The first-order chi connectivity index (χ1) is 7.43. The molecular formula is C13H17NO2. The van der Waals surface area contributed by atoms with Crippen LogP contribution in [0, 0.1) is 0 Å². The van der Waals surface area contributed by atoms with Crippen molar-refractivity contribution >= 4 is 11.6 Å². The standard InChI is InChI=1S/C13H17NO2/c1-13(2,3)12-8(7-15)4-5-10-9(12)6-11(16)14-10/h4-5,15H,6-7H2,1-3H3,(H,14,16). The molecule has 0 saturated carbocycles. The fourth-order valence-electron chi connectivity index (χ4n) is 2.42. The molecule has 1 aliphatic rings. The summed E-state index contributed by atoms with van der Waals surface area (Å²) in [5.41, 5.74) is 3.90. The van der Waals surface area contributed by atoms with E-state index < -0.39 is 0 Å². The van der Waals surface area contributed by atoms with Crippen molar-refractivity contribution < 1.29 is 9.90 Å². The second kappa shape index (κ2) is 3.59. The molecule has 0 saturated heterocycles. The average molecular weight is 219 g/mol. The molecule has 1 heterocycles. The van der Waals surface area contributed by atoms with Crippen LogP contribution in [0.25, 0.3) is 0 Å². The minimum absolute atomic E-state index is 0.0219. The fraction of sp³-hybridized carbons (Fsp3) is 0.462. The topological polar surface area (TPSA) is 49.3 Å². The maximum absolute atomic E-state index is 11.4. The zero-order valence-electron chi connectivity index (χ0n) is 9.92. The lowest BCUT2D eigenvalue weighted by molar-refractivity contribution is -0.115. The van der Waals surface area contributed by atoms with Gasteiger partial charge in [-0.25, -0.2) is 0 Å². The van der Waals surface area contributed by atoms with E-state index in [1.807, 2.05) is 12.1 Å². The summed E-state index contributed by atoms with van der Waals surface area (Å²) in [4.78, 5) is 11.4. The number of carbonyl (C=O) groups excluding carboxylic acids is 1. The lowest BCUT2D eigenvalue weighted by atomic mass is 9.80. The fourth-order valence-corrected chi connectivity index (χ4v) is 2.42. The van der Waals surface area contributed by atoms with E-state index in [-0.39, 0.29) is 17.9 Å². The predicted molar refractivity (Wildman–Crippen MR) is 63.4 cm³/mol. The van der Waals surface area contributed by atoms with Gasteiger partial charge in [-0.15, -0.1) is 0 Å². The molecule has 0 spiro atoms. The summed E-state index contributed by atoms with van der Waals surface area (Å²) in [5, 5.41) is 12.2. The molecular weight excluding hydrogens is 202 g/mol. The SMILES string of the molecule is CC(C)(C)c1c(CO)ccc2c1CC(=O)N2. The predicted octanol–water partition coefficient (Wildman–Crippen LogP) is 1.97. The van der Waals surface area contributed by atoms with Crippen molar-refractivity contribution in [2.45, 2.75) is 39.2 Å². The Labute approximate surface area is 95.5 Å². The van der Waals surface area contributed by atoms with Crippen LogP contribution >= 0.6 is 0 Å². The van der Waals surface area contributed by atoms with Crippen LogP contribution in [-0.4, -0.2) is 11.0 Å². The number of aliphatic hydroxyl groups excluding tert-OH is 1. The first-order valence-electron chi connectivity index (χ1n) is 5.49. The summed E-state index contributed by atoms with van der Waals surface area (Å²) < 4.78 is 0. The van der Waals surface area contributed by atoms with E-state index in [9.17, 15) is 9.90 Å². The van der Waals surface area contributed by atoms with Crippen molar-refractivity contribution in [2.24, 2.45) is 0 Å². The molecule has 0 radical (unpaired) electrons. The van der Waals surface area contributed by atoms with Gasteiger partial charge in [-0.05, 0) is 28.2 Å². The van der Waals surface area contributed by atoms with Crippen molar-refractivity contribution in [3.63, 3.8) is 0 Å². The second-order valence-electron chi connectivity index (χ2n) is 5.26. The van der Waals surface area contributed by atoms with Gasteiger partial charge in [0.1, 0.15) is 0 Å². The van der Waals surface area contributed by atoms with Gasteiger partial charge in [0.15, 0.2) is 0 Å². The number of rotatable bonds is 1. The summed E-state index contributed by atoms with van der Waals surface area (Å²) in [6, 6.07) is 3.77. The molecule has 1 aromatic carbocycles. The Morgan fingerprint density at radius 1 is 1.38 bits per heavy atom. The second-order valence-corrected chi connectivity index (χ2v) is 5.26. The summed E-state index contributed by atoms with van der Waals surface area (Å²) in [7, 11) is 0. The highest BCUT2D eigenvalue weighted by Crippen LogP contribution is 2.36. The number of nitrogens with one attached hydrogen (secondary N) is 1. The van der Waals surface area contributed by atoms with Crippen molar-refractivity contribution in [3.8, 4) is 0 Å². The molecule has 0 bridgehead atoms. The van der Waals surface area contributed by atoms with Crippen LogP contribution < -0.4 is 5.32 Å². The number of fused-ring (bicyclic) bond motifs is 1. The van der Waals surface area contributed by atoms with Crippen LogP contribution in [-0.2, 0) is 23.2 Å². The van der Waals surface area contributed by atoms with Gasteiger partial charge in [-0.2, -0.15) is 0 Å². The molecule has 3 heteroatoms. The zero-order chi connectivity index (χ0) is 11.9. The van der Waals surface area contributed by atoms with Gasteiger partial charge in [0.05, 0.1) is 13.0 Å². The number of amides is 1. The van der Waals surface area contributed by atoms with Crippen LogP contribution in [0.5, 0.6) is 0 Å². The Morgan fingerprint density at radius 3 is 2.62 bits per heavy atom. The molecule has 2 N–H and O–H groups in total. The molecule has 16 heavy (non-hydrogen) atoms. The summed E-state index contributed by atoms with van der Waals surface area (Å²) in [5.74, 6) is 0.0376. The van der Waals surface area contributed by atoms with Crippen molar-refractivity contribution in [2.75, 3.05) is 5.32 Å². The van der Waals surface area contributed by atoms with Gasteiger partial charge < -0.3 is 10.4 Å². The smallest absolute Gasteiger partial charge is 0.228 e. The highest BCUT2D eigenvalue weighted by Gasteiger charge is 2.28. The Morgan fingerprint density at radius 2 is 2.06 bits per heavy atom. The minimum Gasteiger partial charge on any atom is -0.392 e. The molecule has 1 amide bonds. The third-order valence-corrected chi connectivity index (χ3v) is 2.93. The molecule has 3 nitrogen and oxygen atoms in total. The van der Waals surface area contributed by atoms with E-state index >= 15 is 0 Å². The van der Waals surface area contributed by atoms with Crippen LogP contribution in [0.3, 0.4) is 0 Å². The largest absolute Gasteiger partial charge is 0.392 e. The van der Waals surface area contributed by atoms with Crippen molar-refractivity contribution in [3.05, 3.63) is 28.8 Å². The minimum atomic E-state index is -0.0598. The van der Waals surface area contributed by atoms with E-state index in [0.29, 0.717) is 6.42 Å². The number of carbonyl (C=O) groups is 1. The molecule has 2 rings (SSSR count). The van der Waals surface area contributed by atoms with E-state index in [1.165, 1.54) is 0 Å². The van der Waals surface area contributed by atoms with Gasteiger partial charge in [0, 0.05) is 5.69 Å². The number of hydrogen-bond acceptors (Lipinski definition) is 2. The Hall–Kier alpha value is -1.35. The normalized spacial score (nSPS) is 14.9. The zero-order valence-corrected chi connectivity index (χ0v) is 9.92. The van der Waals surface area contributed by atoms with Gasteiger partial charge in [0.25, 0.3) is 0 Å². The van der Waals surface area contributed by atoms with Gasteiger partial charge >= 0.3 is 0 Å². The molecule has 0 unspecified atom stereocenters. The van der Waals surface area contributed by atoms with Crippen LogP contribution in [0.2, 0.25) is 0 Å². The van der Waals surface area contributed by atoms with Crippen LogP contribution in [0.15, 0.2) is 12.1 Å². The van der Waals surface area contributed by atoms with E-state index in [2.05, 4.69) is 26.1 Å². The van der Waals surface area contributed by atoms with Gasteiger partial charge in [-0.3, -0.25) is 4.79 Å². The maximum Gasteiger partial charge on any atom is 0.228 e. The summed E-state index contributed by atoms with van der Waals surface area (Å²) in [6.07, 6.45) is 0.426. The maximum atomic E-state index is 11.4. The first-order valence-corrected chi connectivity index (χ1v) is 5.49. The summed E-state index contributed by atoms with van der Waals surface area (Å²) in [6.45, 7) is 6.33. The molecule has 1 aliphatic heterocycles. The lowest BCUT2D eigenvalue weighted by Crippen LogP contribution is -2.17. The Bertz CT molecular complexity index is 444. The average Bonchev–Trinajstić information content (AvgIpc) is 2.54. The highest BCUT2D eigenvalue weighted by atomic mass is 16.3. The molecule has 0 aromatic heterocycles. The lowest BCUT2D eigenvalue weighted by Gasteiger charge is -2.25. The Kier molecular flexibility index (Phi) is 2.50. The van der Waals surface area contributed by atoms with E-state index in [4.69, 9.17) is 0 Å².